The van der Waals surface area contributed by atoms with Gasteiger partial charge >= 0.3 is 5.97 Å². The molecule has 1 fully saturated rings. The van der Waals surface area contributed by atoms with Crippen LogP contribution in [0.25, 0.3) is 16.9 Å². The molecule has 0 aliphatic heterocycles. The van der Waals surface area contributed by atoms with Crippen LogP contribution in [0.3, 0.4) is 0 Å². The molecule has 8 nitrogen and oxygen atoms in total. The van der Waals surface area contributed by atoms with Gasteiger partial charge in [-0.1, -0.05) is 21.1 Å². The highest BCUT2D eigenvalue weighted by Gasteiger charge is 2.28. The topological polar surface area (TPSA) is 103 Å². The van der Waals surface area contributed by atoms with Crippen LogP contribution < -0.4 is 5.43 Å². The van der Waals surface area contributed by atoms with Crippen molar-refractivity contribution in [3.63, 3.8) is 0 Å². The number of aromatic nitrogens is 5. The number of halogens is 2. The second-order valence-corrected chi connectivity index (χ2v) is 6.33. The van der Waals surface area contributed by atoms with Crippen LogP contribution in [0.5, 0.6) is 0 Å². The van der Waals surface area contributed by atoms with E-state index in [2.05, 4.69) is 31.2 Å². The molecule has 1 aliphatic carbocycles. The Balaban J connectivity index is 2.01. The number of carbonyl (C=O) groups is 1. The second-order valence-electron chi connectivity index (χ2n) is 5.77. The monoisotopic (exact) mass is 407 g/mol. The number of aromatic carboxylic acids is 1. The van der Waals surface area contributed by atoms with Crippen molar-refractivity contribution < 1.29 is 14.3 Å². The Labute approximate surface area is 148 Å². The molecule has 0 amide bonds. The summed E-state index contributed by atoms with van der Waals surface area (Å²) >= 11 is 3.24. The minimum Gasteiger partial charge on any atom is -0.477 e. The summed E-state index contributed by atoms with van der Waals surface area (Å²) in [5, 5.41) is 17.3. The molecular weight excluding hydrogens is 397 g/mol. The Morgan fingerprint density at radius 3 is 2.76 bits per heavy atom. The van der Waals surface area contributed by atoms with Crippen molar-refractivity contribution in [1.29, 1.82) is 0 Å². The summed E-state index contributed by atoms with van der Waals surface area (Å²) in [6.45, 7) is 0. The van der Waals surface area contributed by atoms with Crippen molar-refractivity contribution in [2.45, 2.75) is 24.2 Å². The zero-order valence-corrected chi connectivity index (χ0v) is 14.3. The highest BCUT2D eigenvalue weighted by Crippen LogP contribution is 2.36. The van der Waals surface area contributed by atoms with Gasteiger partial charge in [0.05, 0.1) is 17.3 Å². The molecule has 10 heteroatoms. The van der Waals surface area contributed by atoms with E-state index in [0.717, 1.165) is 18.9 Å². The summed E-state index contributed by atoms with van der Waals surface area (Å²) in [5.41, 5.74) is -0.306. The lowest BCUT2D eigenvalue weighted by Gasteiger charge is -2.12. The molecular formula is C15H11BrFN5O3. The van der Waals surface area contributed by atoms with Gasteiger partial charge in [-0.2, -0.15) is 4.68 Å². The van der Waals surface area contributed by atoms with Crippen LogP contribution in [0.2, 0.25) is 0 Å². The third kappa shape index (κ3) is 2.62. The minimum atomic E-state index is -1.34. The van der Waals surface area contributed by atoms with Gasteiger partial charge in [0.25, 0.3) is 0 Å². The van der Waals surface area contributed by atoms with E-state index in [1.54, 1.807) is 4.57 Å². The van der Waals surface area contributed by atoms with Gasteiger partial charge in [0.2, 0.25) is 5.43 Å². The molecule has 0 unspecified atom stereocenters. The van der Waals surface area contributed by atoms with E-state index in [9.17, 15) is 19.1 Å². The predicted octanol–water partition coefficient (Wildman–Crippen LogP) is 2.04. The van der Waals surface area contributed by atoms with Gasteiger partial charge in [0.15, 0.2) is 11.6 Å². The van der Waals surface area contributed by atoms with Crippen molar-refractivity contribution in [3.8, 4) is 5.82 Å². The number of rotatable bonds is 4. The number of nitrogens with zero attached hydrogens (tertiary/aromatic N) is 5. The summed E-state index contributed by atoms with van der Waals surface area (Å²) in [7, 11) is 0. The van der Waals surface area contributed by atoms with Crippen LogP contribution in [0, 0.1) is 5.82 Å². The molecule has 0 aromatic carbocycles. The first-order chi connectivity index (χ1) is 12.0. The highest BCUT2D eigenvalue weighted by atomic mass is 79.9. The maximum absolute atomic E-state index is 14.5. The smallest absolute Gasteiger partial charge is 0.341 e. The number of alkyl halides is 1. The molecule has 4 rings (SSSR count). The van der Waals surface area contributed by atoms with E-state index in [1.165, 1.54) is 17.1 Å². The largest absolute Gasteiger partial charge is 0.477 e. The molecule has 1 N–H and O–H groups in total. The summed E-state index contributed by atoms with van der Waals surface area (Å²) in [6, 6.07) is 1.07. The molecule has 0 saturated heterocycles. The van der Waals surface area contributed by atoms with Crippen LogP contribution in [0.4, 0.5) is 4.39 Å². The van der Waals surface area contributed by atoms with Gasteiger partial charge in [0.1, 0.15) is 11.2 Å². The molecule has 1 saturated carbocycles. The van der Waals surface area contributed by atoms with Gasteiger partial charge in [-0.15, -0.1) is 5.10 Å². The first-order valence-corrected chi connectivity index (χ1v) is 8.58. The van der Waals surface area contributed by atoms with Crippen LogP contribution in [0.1, 0.15) is 34.9 Å². The molecule has 3 aromatic heterocycles. The van der Waals surface area contributed by atoms with Gasteiger partial charge in [-0.3, -0.25) is 4.79 Å². The lowest BCUT2D eigenvalue weighted by molar-refractivity contribution is 0.0695. The fraction of sp³-hybridized carbons (Fsp3) is 0.267. The summed E-state index contributed by atoms with van der Waals surface area (Å²) in [6.07, 6.45) is 4.51. The van der Waals surface area contributed by atoms with Crippen molar-refractivity contribution in [1.82, 2.24) is 24.5 Å². The average Bonchev–Trinajstić information content (AvgIpc) is 3.31. The Morgan fingerprint density at radius 2 is 2.16 bits per heavy atom. The van der Waals surface area contributed by atoms with Crippen LogP contribution in [-0.4, -0.2) is 35.6 Å². The quantitative estimate of drug-likeness (QED) is 0.663. The van der Waals surface area contributed by atoms with Crippen molar-refractivity contribution in [2.75, 3.05) is 0 Å². The third-order valence-electron chi connectivity index (χ3n) is 4.00. The van der Waals surface area contributed by atoms with Gasteiger partial charge in [-0.05, 0) is 18.9 Å². The fourth-order valence-electron chi connectivity index (χ4n) is 2.64. The van der Waals surface area contributed by atoms with E-state index < -0.39 is 22.8 Å². The standard InChI is InChI=1S/C15H11BrFN5O3/c16-4-7-5-22(20-19-7)14-11(17)3-9-12(23)10(15(24)25)6-21(8-1-2-8)13(9)18-14/h3,5-6,8H,1-2,4H2,(H,24,25). The van der Waals surface area contributed by atoms with Gasteiger partial charge < -0.3 is 9.67 Å². The molecule has 1 aliphatic rings. The van der Waals surface area contributed by atoms with E-state index >= 15 is 0 Å². The first-order valence-electron chi connectivity index (χ1n) is 7.46. The van der Waals surface area contributed by atoms with Crippen molar-refractivity contribution >= 4 is 32.9 Å². The Hall–Kier alpha value is -2.62. The van der Waals surface area contributed by atoms with E-state index in [4.69, 9.17) is 0 Å². The van der Waals surface area contributed by atoms with Crippen molar-refractivity contribution in [3.05, 3.63) is 45.8 Å². The maximum atomic E-state index is 14.5. The fourth-order valence-corrected chi connectivity index (χ4v) is 2.90. The lowest BCUT2D eigenvalue weighted by Crippen LogP contribution is -2.20. The normalized spacial score (nSPS) is 14.2. The van der Waals surface area contributed by atoms with Crippen LogP contribution >= 0.6 is 15.9 Å². The number of pyridine rings is 2. The Kier molecular flexibility index (Phi) is 3.64. The molecule has 3 heterocycles. The summed E-state index contributed by atoms with van der Waals surface area (Å²) in [5.74, 6) is -2.21. The number of fused-ring (bicyclic) bond motifs is 1. The van der Waals surface area contributed by atoms with Gasteiger partial charge in [-0.25, -0.2) is 14.2 Å². The zero-order valence-electron chi connectivity index (χ0n) is 12.7. The second kappa shape index (κ2) is 5.73. The molecule has 0 bridgehead atoms. The predicted molar refractivity (Wildman–Crippen MR) is 88.7 cm³/mol. The molecule has 128 valence electrons. The molecule has 3 aromatic rings. The number of carboxylic acids is 1. The molecule has 25 heavy (non-hydrogen) atoms. The molecule has 0 atom stereocenters. The van der Waals surface area contributed by atoms with Crippen LogP contribution in [0.15, 0.2) is 23.3 Å². The van der Waals surface area contributed by atoms with Crippen LogP contribution in [-0.2, 0) is 5.33 Å². The minimum absolute atomic E-state index is 0.0564. The summed E-state index contributed by atoms with van der Waals surface area (Å²) in [4.78, 5) is 27.9. The van der Waals surface area contributed by atoms with E-state index in [-0.39, 0.29) is 22.9 Å². The Bertz CT molecular complexity index is 1070. The average molecular weight is 408 g/mol. The SMILES string of the molecule is O=C(O)c1cn(C2CC2)c2nc(-n3cc(CBr)nn3)c(F)cc2c1=O. The maximum Gasteiger partial charge on any atom is 0.341 e. The van der Waals surface area contributed by atoms with Gasteiger partial charge in [0, 0.05) is 17.6 Å². The Morgan fingerprint density at radius 1 is 1.40 bits per heavy atom. The van der Waals surface area contributed by atoms with E-state index in [1.807, 2.05) is 0 Å². The third-order valence-corrected chi connectivity index (χ3v) is 4.58. The molecule has 0 radical (unpaired) electrons. The highest BCUT2D eigenvalue weighted by molar-refractivity contribution is 9.08. The zero-order chi connectivity index (χ0) is 17.7. The number of hydrogen-bond acceptors (Lipinski definition) is 5. The molecule has 0 spiro atoms. The lowest BCUT2D eigenvalue weighted by atomic mass is 10.2. The number of carboxylic acid groups (broad SMARTS) is 1. The van der Waals surface area contributed by atoms with E-state index in [0.29, 0.717) is 11.0 Å². The number of hydrogen-bond donors (Lipinski definition) is 1. The van der Waals surface area contributed by atoms with Crippen molar-refractivity contribution in [2.24, 2.45) is 0 Å². The first kappa shape index (κ1) is 15.9. The summed E-state index contributed by atoms with van der Waals surface area (Å²) < 4.78 is 17.3.